The molecule has 1 spiro atoms. The predicted molar refractivity (Wildman–Crippen MR) is 71.9 cm³/mol. The van der Waals surface area contributed by atoms with Crippen LogP contribution in [0.4, 0.5) is 5.69 Å². The van der Waals surface area contributed by atoms with E-state index in [1.807, 2.05) is 0 Å². The molecular formula is C15H21NO2. The lowest BCUT2D eigenvalue weighted by atomic mass is 9.89. The summed E-state index contributed by atoms with van der Waals surface area (Å²) in [7, 11) is 0. The second-order valence-corrected chi connectivity index (χ2v) is 5.53. The van der Waals surface area contributed by atoms with Gasteiger partial charge in [0.05, 0.1) is 12.2 Å². The van der Waals surface area contributed by atoms with Crippen molar-refractivity contribution in [2.24, 2.45) is 0 Å². The first-order chi connectivity index (χ1) is 8.76. The van der Waals surface area contributed by atoms with Crippen molar-refractivity contribution in [2.75, 3.05) is 25.1 Å². The van der Waals surface area contributed by atoms with Crippen LogP contribution in [0.25, 0.3) is 0 Å². The molecule has 0 bridgehead atoms. The lowest BCUT2D eigenvalue weighted by molar-refractivity contribution is -0.0828. The van der Waals surface area contributed by atoms with Gasteiger partial charge in [0, 0.05) is 31.4 Å². The summed E-state index contributed by atoms with van der Waals surface area (Å²) in [5.41, 5.74) is 2.50. The Labute approximate surface area is 108 Å². The van der Waals surface area contributed by atoms with E-state index in [4.69, 9.17) is 9.47 Å². The van der Waals surface area contributed by atoms with E-state index in [-0.39, 0.29) is 5.60 Å². The van der Waals surface area contributed by atoms with Gasteiger partial charge in [-0.1, -0.05) is 17.7 Å². The van der Waals surface area contributed by atoms with Gasteiger partial charge in [-0.3, -0.25) is 0 Å². The molecule has 3 rings (SSSR count). The van der Waals surface area contributed by atoms with Crippen LogP contribution >= 0.6 is 0 Å². The molecule has 0 aromatic heterocycles. The van der Waals surface area contributed by atoms with Crippen LogP contribution in [-0.2, 0) is 9.47 Å². The molecule has 2 fully saturated rings. The topological polar surface area (TPSA) is 30.5 Å². The van der Waals surface area contributed by atoms with Crippen LogP contribution in [0.3, 0.4) is 0 Å². The van der Waals surface area contributed by atoms with Crippen molar-refractivity contribution in [1.29, 1.82) is 0 Å². The fourth-order valence-electron chi connectivity index (χ4n) is 2.90. The van der Waals surface area contributed by atoms with E-state index in [2.05, 4.69) is 36.5 Å². The Hall–Kier alpha value is -1.06. The highest BCUT2D eigenvalue weighted by molar-refractivity contribution is 5.45. The second-order valence-electron chi connectivity index (χ2n) is 5.53. The summed E-state index contributed by atoms with van der Waals surface area (Å²) in [6.07, 6.45) is 3.18. The molecule has 18 heavy (non-hydrogen) atoms. The Kier molecular flexibility index (Phi) is 3.27. The molecule has 2 aliphatic heterocycles. The van der Waals surface area contributed by atoms with Crippen molar-refractivity contribution in [3.63, 3.8) is 0 Å². The number of benzene rings is 1. The van der Waals surface area contributed by atoms with Gasteiger partial charge in [0.2, 0.25) is 0 Å². The van der Waals surface area contributed by atoms with Crippen molar-refractivity contribution in [3.8, 4) is 0 Å². The van der Waals surface area contributed by atoms with E-state index >= 15 is 0 Å². The summed E-state index contributed by atoms with van der Waals surface area (Å²) in [6, 6.07) is 9.11. The molecular weight excluding hydrogens is 226 g/mol. The van der Waals surface area contributed by atoms with Gasteiger partial charge in [0.25, 0.3) is 0 Å². The molecule has 0 amide bonds. The molecule has 2 unspecified atom stereocenters. The zero-order valence-corrected chi connectivity index (χ0v) is 10.9. The lowest BCUT2D eigenvalue weighted by Gasteiger charge is -2.37. The number of hydrogen-bond donors (Lipinski definition) is 1. The first-order valence-corrected chi connectivity index (χ1v) is 6.81. The SMILES string of the molecule is Cc1ccc(NC2CCOC3(CCOC3)C2)cc1. The molecule has 0 radical (unpaired) electrons. The predicted octanol–water partition coefficient (Wildman–Crippen LogP) is 2.75. The fourth-order valence-corrected chi connectivity index (χ4v) is 2.90. The van der Waals surface area contributed by atoms with Gasteiger partial charge in [-0.2, -0.15) is 0 Å². The zero-order valence-electron chi connectivity index (χ0n) is 10.9. The van der Waals surface area contributed by atoms with Crippen LogP contribution in [0.2, 0.25) is 0 Å². The smallest absolute Gasteiger partial charge is 0.0956 e. The molecule has 2 saturated heterocycles. The van der Waals surface area contributed by atoms with E-state index in [1.54, 1.807) is 0 Å². The van der Waals surface area contributed by atoms with Gasteiger partial charge in [-0.05, 0) is 31.9 Å². The first-order valence-electron chi connectivity index (χ1n) is 6.81. The highest BCUT2D eigenvalue weighted by Gasteiger charge is 2.40. The lowest BCUT2D eigenvalue weighted by Crippen LogP contribution is -2.44. The quantitative estimate of drug-likeness (QED) is 0.871. The number of anilines is 1. The summed E-state index contributed by atoms with van der Waals surface area (Å²) < 4.78 is 11.4. The Morgan fingerprint density at radius 3 is 2.78 bits per heavy atom. The minimum atomic E-state index is -0.0133. The maximum Gasteiger partial charge on any atom is 0.0956 e. The fraction of sp³-hybridized carbons (Fsp3) is 0.600. The normalized spacial score (nSPS) is 31.7. The number of nitrogens with one attached hydrogen (secondary N) is 1. The van der Waals surface area contributed by atoms with Crippen LogP contribution in [0.1, 0.15) is 24.8 Å². The standard InChI is InChI=1S/C15H21NO2/c1-12-2-4-13(5-3-12)16-14-6-8-18-15(10-14)7-9-17-11-15/h2-5,14,16H,6-11H2,1H3. The average Bonchev–Trinajstić information content (AvgIpc) is 2.80. The van der Waals surface area contributed by atoms with Crippen LogP contribution in [0.15, 0.2) is 24.3 Å². The maximum absolute atomic E-state index is 5.95. The molecule has 2 atom stereocenters. The third-order valence-corrected chi connectivity index (χ3v) is 3.98. The third kappa shape index (κ3) is 2.52. The summed E-state index contributed by atoms with van der Waals surface area (Å²) in [5, 5.41) is 3.62. The minimum Gasteiger partial charge on any atom is -0.382 e. The number of hydrogen-bond acceptors (Lipinski definition) is 3. The van der Waals surface area contributed by atoms with Crippen molar-refractivity contribution < 1.29 is 9.47 Å². The van der Waals surface area contributed by atoms with Crippen LogP contribution in [-0.4, -0.2) is 31.5 Å². The molecule has 3 heteroatoms. The van der Waals surface area contributed by atoms with Crippen LogP contribution in [0.5, 0.6) is 0 Å². The van der Waals surface area contributed by atoms with E-state index < -0.39 is 0 Å². The van der Waals surface area contributed by atoms with Gasteiger partial charge in [-0.25, -0.2) is 0 Å². The van der Waals surface area contributed by atoms with Crippen molar-refractivity contribution >= 4 is 5.69 Å². The van der Waals surface area contributed by atoms with Gasteiger partial charge in [-0.15, -0.1) is 0 Å². The monoisotopic (exact) mass is 247 g/mol. The molecule has 0 aliphatic carbocycles. The van der Waals surface area contributed by atoms with Crippen molar-refractivity contribution in [3.05, 3.63) is 29.8 Å². The van der Waals surface area contributed by atoms with Gasteiger partial charge < -0.3 is 14.8 Å². The van der Waals surface area contributed by atoms with Crippen LogP contribution < -0.4 is 5.32 Å². The Balaban J connectivity index is 1.64. The number of aryl methyl sites for hydroxylation is 1. The number of ether oxygens (including phenoxy) is 2. The summed E-state index contributed by atoms with van der Waals surface area (Å²) >= 11 is 0. The highest BCUT2D eigenvalue weighted by atomic mass is 16.6. The molecule has 2 aliphatic rings. The van der Waals surface area contributed by atoms with E-state index in [1.165, 1.54) is 11.3 Å². The van der Waals surface area contributed by atoms with Crippen molar-refractivity contribution in [2.45, 2.75) is 37.8 Å². The largest absolute Gasteiger partial charge is 0.382 e. The minimum absolute atomic E-state index is 0.0133. The summed E-state index contributed by atoms with van der Waals surface area (Å²) in [4.78, 5) is 0. The molecule has 0 saturated carbocycles. The van der Waals surface area contributed by atoms with E-state index in [0.717, 1.165) is 39.1 Å². The average molecular weight is 247 g/mol. The first kappa shape index (κ1) is 12.0. The Bertz CT molecular complexity index is 395. The summed E-state index contributed by atoms with van der Waals surface area (Å²) in [5.74, 6) is 0. The Morgan fingerprint density at radius 1 is 1.22 bits per heavy atom. The molecule has 2 heterocycles. The molecule has 1 N–H and O–H groups in total. The molecule has 1 aromatic carbocycles. The summed E-state index contributed by atoms with van der Waals surface area (Å²) in [6.45, 7) is 4.56. The molecule has 1 aromatic rings. The maximum atomic E-state index is 5.95. The van der Waals surface area contributed by atoms with Gasteiger partial charge >= 0.3 is 0 Å². The molecule has 98 valence electrons. The van der Waals surface area contributed by atoms with Crippen molar-refractivity contribution in [1.82, 2.24) is 0 Å². The van der Waals surface area contributed by atoms with Crippen LogP contribution in [0, 0.1) is 6.92 Å². The van der Waals surface area contributed by atoms with Gasteiger partial charge in [0.1, 0.15) is 0 Å². The highest BCUT2D eigenvalue weighted by Crippen LogP contribution is 2.33. The van der Waals surface area contributed by atoms with E-state index in [0.29, 0.717) is 6.04 Å². The zero-order chi connectivity index (χ0) is 12.4. The van der Waals surface area contributed by atoms with E-state index in [9.17, 15) is 0 Å². The molecule has 3 nitrogen and oxygen atoms in total. The number of rotatable bonds is 2. The third-order valence-electron chi connectivity index (χ3n) is 3.98. The Morgan fingerprint density at radius 2 is 2.06 bits per heavy atom. The second kappa shape index (κ2) is 4.90. The van der Waals surface area contributed by atoms with Gasteiger partial charge in [0.15, 0.2) is 0 Å².